The average molecular weight is 259 g/mol. The van der Waals surface area contributed by atoms with Crippen molar-refractivity contribution in [3.05, 3.63) is 48.0 Å². The van der Waals surface area contributed by atoms with Crippen LogP contribution in [0.1, 0.15) is 31.3 Å². The summed E-state index contributed by atoms with van der Waals surface area (Å²) in [5, 5.41) is 3.49. The number of methoxy groups -OCH3 is 1. The van der Waals surface area contributed by atoms with Gasteiger partial charge in [0.25, 0.3) is 0 Å². The predicted octanol–water partition coefficient (Wildman–Crippen LogP) is 2.76. The molecule has 2 aromatic rings. The molecule has 0 bridgehead atoms. The molecule has 0 radical (unpaired) electrons. The maximum absolute atomic E-state index is 5.16. The monoisotopic (exact) mass is 259 g/mol. The second kappa shape index (κ2) is 6.38. The first-order valence-electron chi connectivity index (χ1n) is 6.62. The van der Waals surface area contributed by atoms with E-state index < -0.39 is 0 Å². The van der Waals surface area contributed by atoms with Gasteiger partial charge in [-0.15, -0.1) is 0 Å². The van der Waals surface area contributed by atoms with Crippen LogP contribution in [0.5, 0.6) is 5.75 Å². The summed E-state index contributed by atoms with van der Waals surface area (Å²) in [4.78, 5) is 4.36. The van der Waals surface area contributed by atoms with Crippen LogP contribution in [0.4, 0.5) is 0 Å². The molecule has 1 atom stereocenters. The SMILES string of the molecule is CCn1ccnc1CN[C@@H](C)c1ccc(OC)cc1. The molecule has 4 nitrogen and oxygen atoms in total. The van der Waals surface area contributed by atoms with Crippen LogP contribution in [-0.2, 0) is 13.1 Å². The maximum atomic E-state index is 5.16. The van der Waals surface area contributed by atoms with E-state index in [0.717, 1.165) is 24.7 Å². The Morgan fingerprint density at radius 2 is 2.05 bits per heavy atom. The lowest BCUT2D eigenvalue weighted by molar-refractivity contribution is 0.414. The zero-order chi connectivity index (χ0) is 13.7. The quantitative estimate of drug-likeness (QED) is 0.867. The zero-order valence-corrected chi connectivity index (χ0v) is 11.8. The van der Waals surface area contributed by atoms with Crippen molar-refractivity contribution in [2.75, 3.05) is 7.11 Å². The normalized spacial score (nSPS) is 12.4. The minimum absolute atomic E-state index is 0.285. The summed E-state index contributed by atoms with van der Waals surface area (Å²) in [6, 6.07) is 8.43. The molecule has 0 aliphatic rings. The summed E-state index contributed by atoms with van der Waals surface area (Å²) in [5.74, 6) is 1.96. The van der Waals surface area contributed by atoms with Crippen molar-refractivity contribution in [2.24, 2.45) is 0 Å². The van der Waals surface area contributed by atoms with Gasteiger partial charge in [-0.3, -0.25) is 0 Å². The largest absolute Gasteiger partial charge is 0.497 e. The zero-order valence-electron chi connectivity index (χ0n) is 11.8. The van der Waals surface area contributed by atoms with E-state index in [1.165, 1.54) is 5.56 Å². The van der Waals surface area contributed by atoms with E-state index in [9.17, 15) is 0 Å². The van der Waals surface area contributed by atoms with E-state index in [1.807, 2.05) is 24.5 Å². The lowest BCUT2D eigenvalue weighted by Gasteiger charge is -2.15. The number of aryl methyl sites for hydroxylation is 1. The number of rotatable bonds is 6. The molecule has 0 saturated carbocycles. The van der Waals surface area contributed by atoms with Crippen molar-refractivity contribution in [3.63, 3.8) is 0 Å². The van der Waals surface area contributed by atoms with Crippen molar-refractivity contribution in [2.45, 2.75) is 33.0 Å². The number of imidazole rings is 1. The van der Waals surface area contributed by atoms with Crippen molar-refractivity contribution in [3.8, 4) is 5.75 Å². The van der Waals surface area contributed by atoms with Gasteiger partial charge in [0, 0.05) is 25.0 Å². The van der Waals surface area contributed by atoms with Gasteiger partial charge in [-0.2, -0.15) is 0 Å². The van der Waals surface area contributed by atoms with Gasteiger partial charge in [-0.1, -0.05) is 12.1 Å². The Hall–Kier alpha value is -1.81. The Bertz CT molecular complexity index is 504. The first-order valence-corrected chi connectivity index (χ1v) is 6.62. The Morgan fingerprint density at radius 1 is 1.32 bits per heavy atom. The highest BCUT2D eigenvalue weighted by Crippen LogP contribution is 2.17. The van der Waals surface area contributed by atoms with E-state index in [1.54, 1.807) is 7.11 Å². The maximum Gasteiger partial charge on any atom is 0.122 e. The molecule has 0 amide bonds. The summed E-state index contributed by atoms with van der Waals surface area (Å²) < 4.78 is 7.31. The van der Waals surface area contributed by atoms with Gasteiger partial charge in [0.2, 0.25) is 0 Å². The van der Waals surface area contributed by atoms with Gasteiger partial charge in [-0.25, -0.2) is 4.98 Å². The molecule has 0 unspecified atom stereocenters. The second-order valence-corrected chi connectivity index (χ2v) is 4.51. The van der Waals surface area contributed by atoms with Crippen LogP contribution in [0.2, 0.25) is 0 Å². The Balaban J connectivity index is 1.95. The van der Waals surface area contributed by atoms with Crippen molar-refractivity contribution < 1.29 is 4.74 Å². The summed E-state index contributed by atoms with van der Waals surface area (Å²) in [5.41, 5.74) is 1.25. The topological polar surface area (TPSA) is 39.1 Å². The Kier molecular flexibility index (Phi) is 4.58. The van der Waals surface area contributed by atoms with Gasteiger partial charge in [-0.05, 0) is 31.5 Å². The third-order valence-corrected chi connectivity index (χ3v) is 3.32. The molecule has 4 heteroatoms. The van der Waals surface area contributed by atoms with Crippen molar-refractivity contribution in [1.29, 1.82) is 0 Å². The number of hydrogen-bond acceptors (Lipinski definition) is 3. The van der Waals surface area contributed by atoms with Gasteiger partial charge in [0.05, 0.1) is 13.7 Å². The van der Waals surface area contributed by atoms with Gasteiger partial charge < -0.3 is 14.6 Å². The lowest BCUT2D eigenvalue weighted by atomic mass is 10.1. The van der Waals surface area contributed by atoms with E-state index in [4.69, 9.17) is 4.74 Å². The molecule has 0 spiro atoms. The lowest BCUT2D eigenvalue weighted by Crippen LogP contribution is -2.20. The molecule has 1 heterocycles. The highest BCUT2D eigenvalue weighted by atomic mass is 16.5. The minimum Gasteiger partial charge on any atom is -0.497 e. The summed E-state index contributed by atoms with van der Waals surface area (Å²) >= 11 is 0. The molecular formula is C15H21N3O. The van der Waals surface area contributed by atoms with Crippen LogP contribution < -0.4 is 10.1 Å². The molecule has 1 aromatic heterocycles. The van der Waals surface area contributed by atoms with Gasteiger partial charge in [0.15, 0.2) is 0 Å². The summed E-state index contributed by atoms with van der Waals surface area (Å²) in [6.45, 7) is 6.00. The standard InChI is InChI=1S/C15H21N3O/c1-4-18-10-9-16-15(18)11-17-12(2)13-5-7-14(19-3)8-6-13/h5-10,12,17H,4,11H2,1-3H3/t12-/m0/s1. The van der Waals surface area contributed by atoms with Crippen LogP contribution in [0, 0.1) is 0 Å². The van der Waals surface area contributed by atoms with E-state index in [0.29, 0.717) is 0 Å². The fourth-order valence-electron chi connectivity index (χ4n) is 2.05. The number of aromatic nitrogens is 2. The Morgan fingerprint density at radius 3 is 2.68 bits per heavy atom. The fraction of sp³-hybridized carbons (Fsp3) is 0.400. The van der Waals surface area contributed by atoms with Crippen LogP contribution >= 0.6 is 0 Å². The molecular weight excluding hydrogens is 238 g/mol. The number of hydrogen-bond donors (Lipinski definition) is 1. The van der Waals surface area contributed by atoms with Crippen molar-refractivity contribution in [1.82, 2.24) is 14.9 Å². The molecule has 0 aliphatic heterocycles. The number of nitrogens with zero attached hydrogens (tertiary/aromatic N) is 2. The summed E-state index contributed by atoms with van der Waals surface area (Å²) in [7, 11) is 1.68. The molecule has 2 rings (SSSR count). The van der Waals surface area contributed by atoms with Crippen LogP contribution in [0.25, 0.3) is 0 Å². The molecule has 0 saturated heterocycles. The second-order valence-electron chi connectivity index (χ2n) is 4.51. The van der Waals surface area contributed by atoms with E-state index in [2.05, 4.69) is 40.8 Å². The van der Waals surface area contributed by atoms with Gasteiger partial charge in [0.1, 0.15) is 11.6 Å². The highest BCUT2D eigenvalue weighted by Gasteiger charge is 2.07. The average Bonchev–Trinajstić information content (AvgIpc) is 2.92. The van der Waals surface area contributed by atoms with Crippen LogP contribution in [-0.4, -0.2) is 16.7 Å². The third-order valence-electron chi connectivity index (χ3n) is 3.32. The molecule has 19 heavy (non-hydrogen) atoms. The summed E-state index contributed by atoms with van der Waals surface area (Å²) in [6.07, 6.45) is 3.85. The first kappa shape index (κ1) is 13.6. The number of nitrogens with one attached hydrogen (secondary N) is 1. The van der Waals surface area contributed by atoms with Crippen LogP contribution in [0.3, 0.4) is 0 Å². The van der Waals surface area contributed by atoms with E-state index in [-0.39, 0.29) is 6.04 Å². The molecule has 102 valence electrons. The minimum atomic E-state index is 0.285. The highest BCUT2D eigenvalue weighted by molar-refractivity contribution is 5.28. The number of benzene rings is 1. The van der Waals surface area contributed by atoms with Crippen LogP contribution in [0.15, 0.2) is 36.7 Å². The smallest absolute Gasteiger partial charge is 0.122 e. The first-order chi connectivity index (χ1) is 9.24. The fourth-order valence-corrected chi connectivity index (χ4v) is 2.05. The van der Waals surface area contributed by atoms with Gasteiger partial charge >= 0.3 is 0 Å². The molecule has 0 fully saturated rings. The third kappa shape index (κ3) is 3.35. The molecule has 1 aromatic carbocycles. The van der Waals surface area contributed by atoms with E-state index >= 15 is 0 Å². The number of ether oxygens (including phenoxy) is 1. The Labute approximate surface area is 114 Å². The molecule has 1 N–H and O–H groups in total. The molecule has 0 aliphatic carbocycles. The predicted molar refractivity (Wildman–Crippen MR) is 76.1 cm³/mol. The van der Waals surface area contributed by atoms with Crippen molar-refractivity contribution >= 4 is 0 Å².